The second kappa shape index (κ2) is 7.93. The molecule has 0 spiro atoms. The van der Waals surface area contributed by atoms with Crippen molar-refractivity contribution in [1.82, 2.24) is 0 Å². The van der Waals surface area contributed by atoms with Gasteiger partial charge in [-0.25, -0.2) is 17.5 Å². The van der Waals surface area contributed by atoms with Crippen LogP contribution in [0.5, 0.6) is 0 Å². The topological polar surface area (TPSA) is 108 Å². The highest BCUT2D eigenvalue weighted by atomic mass is 32.2. The van der Waals surface area contributed by atoms with E-state index in [1.54, 1.807) is 18.2 Å². The lowest BCUT2D eigenvalue weighted by Crippen LogP contribution is -2.27. The van der Waals surface area contributed by atoms with E-state index in [4.69, 9.17) is 10.00 Å². The first-order valence-electron chi connectivity index (χ1n) is 8.79. The van der Waals surface area contributed by atoms with E-state index in [1.165, 1.54) is 36.3 Å². The van der Waals surface area contributed by atoms with E-state index in [0.717, 1.165) is 10.6 Å². The number of nitrogens with zero attached hydrogens (tertiary/aromatic N) is 3. The number of methoxy groups -OCH3 is 1. The van der Waals surface area contributed by atoms with E-state index in [9.17, 15) is 18.0 Å². The molecule has 0 aliphatic carbocycles. The van der Waals surface area contributed by atoms with Gasteiger partial charge in [0.2, 0.25) is 15.9 Å². The zero-order chi connectivity index (χ0) is 21.2. The summed E-state index contributed by atoms with van der Waals surface area (Å²) in [6.07, 6.45) is 2.09. The van der Waals surface area contributed by atoms with Crippen LogP contribution in [-0.2, 0) is 19.6 Å². The minimum atomic E-state index is -3.83. The number of amides is 1. The summed E-state index contributed by atoms with van der Waals surface area (Å²) in [6, 6.07) is 12.5. The Balaban J connectivity index is 2.23. The number of carbonyl (C=O) groups is 2. The summed E-state index contributed by atoms with van der Waals surface area (Å²) < 4.78 is 31.1. The molecule has 0 aromatic heterocycles. The number of anilines is 3. The number of esters is 1. The van der Waals surface area contributed by atoms with Crippen LogP contribution in [0.3, 0.4) is 0 Å². The third-order valence-electron chi connectivity index (χ3n) is 4.48. The maximum atomic E-state index is 12.6. The third kappa shape index (κ3) is 4.22. The van der Waals surface area contributed by atoms with Crippen LogP contribution in [0.4, 0.5) is 17.1 Å². The van der Waals surface area contributed by atoms with Crippen LogP contribution in [0, 0.1) is 11.3 Å². The van der Waals surface area contributed by atoms with Gasteiger partial charge in [-0.1, -0.05) is 6.07 Å². The quantitative estimate of drug-likeness (QED) is 0.697. The van der Waals surface area contributed by atoms with Crippen molar-refractivity contribution in [3.8, 4) is 6.07 Å². The Bertz CT molecular complexity index is 1120. The van der Waals surface area contributed by atoms with Crippen molar-refractivity contribution < 1.29 is 22.7 Å². The molecule has 1 aliphatic heterocycles. The standard InChI is InChI=1S/C20H19N3O5S/c1-28-20(25)15-10-17(22-8-4-7-19(22)24)12-18(11-15)23(29(2,26)27)16-6-3-5-14(9-16)13-21/h3,5-6,9-12H,4,7-8H2,1-2H3. The molecule has 2 aromatic carbocycles. The molecule has 3 rings (SSSR count). The molecule has 0 unspecified atom stereocenters. The van der Waals surface area contributed by atoms with Crippen molar-refractivity contribution in [2.45, 2.75) is 12.8 Å². The zero-order valence-electron chi connectivity index (χ0n) is 16.0. The lowest BCUT2D eigenvalue weighted by atomic mass is 10.1. The fourth-order valence-electron chi connectivity index (χ4n) is 3.26. The summed E-state index contributed by atoms with van der Waals surface area (Å²) in [7, 11) is -2.61. The maximum absolute atomic E-state index is 12.6. The molecular weight excluding hydrogens is 394 g/mol. The number of benzene rings is 2. The molecule has 0 atom stereocenters. The molecule has 0 radical (unpaired) electrons. The Kier molecular flexibility index (Phi) is 5.57. The van der Waals surface area contributed by atoms with E-state index < -0.39 is 16.0 Å². The van der Waals surface area contributed by atoms with Crippen molar-refractivity contribution in [1.29, 1.82) is 5.26 Å². The second-order valence-corrected chi connectivity index (χ2v) is 8.40. The van der Waals surface area contributed by atoms with Crippen molar-refractivity contribution in [2.24, 2.45) is 0 Å². The van der Waals surface area contributed by atoms with Crippen LogP contribution in [0.1, 0.15) is 28.8 Å². The molecular formula is C20H19N3O5S. The van der Waals surface area contributed by atoms with E-state index in [1.807, 2.05) is 6.07 Å². The zero-order valence-corrected chi connectivity index (χ0v) is 16.8. The number of ether oxygens (including phenoxy) is 1. The summed E-state index contributed by atoms with van der Waals surface area (Å²) >= 11 is 0. The average molecular weight is 413 g/mol. The van der Waals surface area contributed by atoms with Crippen LogP contribution in [-0.4, -0.2) is 40.2 Å². The highest BCUT2D eigenvalue weighted by molar-refractivity contribution is 7.92. The fourth-order valence-corrected chi connectivity index (χ4v) is 4.24. The number of hydrogen-bond acceptors (Lipinski definition) is 6. The predicted molar refractivity (Wildman–Crippen MR) is 108 cm³/mol. The summed E-state index contributed by atoms with van der Waals surface area (Å²) in [4.78, 5) is 25.9. The molecule has 1 heterocycles. The van der Waals surface area contributed by atoms with Crippen LogP contribution < -0.4 is 9.21 Å². The van der Waals surface area contributed by atoms with Gasteiger partial charge in [0, 0.05) is 18.7 Å². The molecule has 29 heavy (non-hydrogen) atoms. The number of rotatable bonds is 5. The SMILES string of the molecule is COC(=O)c1cc(N2CCCC2=O)cc(N(c2cccc(C#N)c2)S(C)(=O)=O)c1. The van der Waals surface area contributed by atoms with Gasteiger partial charge in [-0.2, -0.15) is 5.26 Å². The number of carbonyl (C=O) groups excluding carboxylic acids is 2. The number of nitriles is 1. The normalized spacial score (nSPS) is 13.8. The van der Waals surface area contributed by atoms with Gasteiger partial charge in [-0.3, -0.25) is 4.79 Å². The van der Waals surface area contributed by atoms with Crippen LogP contribution in [0.25, 0.3) is 0 Å². The van der Waals surface area contributed by atoms with E-state index in [2.05, 4.69) is 0 Å². The van der Waals surface area contributed by atoms with Gasteiger partial charge >= 0.3 is 5.97 Å². The van der Waals surface area contributed by atoms with Gasteiger partial charge < -0.3 is 9.64 Å². The molecule has 0 N–H and O–H groups in total. The molecule has 0 saturated carbocycles. The molecule has 2 aromatic rings. The first-order chi connectivity index (χ1) is 13.7. The highest BCUT2D eigenvalue weighted by Gasteiger charge is 2.27. The van der Waals surface area contributed by atoms with Gasteiger partial charge in [0.15, 0.2) is 0 Å². The maximum Gasteiger partial charge on any atom is 0.337 e. The Morgan fingerprint density at radius 2 is 1.97 bits per heavy atom. The van der Waals surface area contributed by atoms with Gasteiger partial charge in [-0.05, 0) is 42.8 Å². The predicted octanol–water partition coefficient (Wildman–Crippen LogP) is 2.57. The first kappa shape index (κ1) is 20.4. The summed E-state index contributed by atoms with van der Waals surface area (Å²) in [5.74, 6) is -0.755. The first-order valence-corrected chi connectivity index (χ1v) is 10.6. The highest BCUT2D eigenvalue weighted by Crippen LogP contribution is 2.34. The Hall–Kier alpha value is -3.38. The van der Waals surface area contributed by atoms with Gasteiger partial charge in [0.1, 0.15) is 0 Å². The molecule has 150 valence electrons. The Labute approximate surface area is 169 Å². The van der Waals surface area contributed by atoms with Crippen molar-refractivity contribution in [3.05, 3.63) is 53.6 Å². The second-order valence-electron chi connectivity index (χ2n) is 6.57. The van der Waals surface area contributed by atoms with Gasteiger partial charge in [-0.15, -0.1) is 0 Å². The third-order valence-corrected chi connectivity index (χ3v) is 5.57. The molecule has 1 aliphatic rings. The van der Waals surface area contributed by atoms with Crippen LogP contribution in [0.15, 0.2) is 42.5 Å². The molecule has 0 bridgehead atoms. The lowest BCUT2D eigenvalue weighted by molar-refractivity contribution is -0.117. The van der Waals surface area contributed by atoms with Gasteiger partial charge in [0.05, 0.1) is 41.9 Å². The van der Waals surface area contributed by atoms with E-state index in [0.29, 0.717) is 25.1 Å². The summed E-state index contributed by atoms with van der Waals surface area (Å²) in [6.45, 7) is 0.478. The number of sulfonamides is 1. The molecule has 1 amide bonds. The van der Waals surface area contributed by atoms with Crippen molar-refractivity contribution in [2.75, 3.05) is 29.1 Å². The van der Waals surface area contributed by atoms with E-state index in [-0.39, 0.29) is 28.4 Å². The summed E-state index contributed by atoms with van der Waals surface area (Å²) in [5, 5.41) is 9.16. The van der Waals surface area contributed by atoms with E-state index >= 15 is 0 Å². The average Bonchev–Trinajstić information content (AvgIpc) is 3.12. The summed E-state index contributed by atoms with van der Waals surface area (Å²) in [5.41, 5.74) is 1.22. The monoisotopic (exact) mass is 413 g/mol. The largest absolute Gasteiger partial charge is 0.465 e. The smallest absolute Gasteiger partial charge is 0.337 e. The Morgan fingerprint density at radius 1 is 1.21 bits per heavy atom. The lowest BCUT2D eigenvalue weighted by Gasteiger charge is -2.25. The molecule has 1 fully saturated rings. The van der Waals surface area contributed by atoms with Gasteiger partial charge in [0.25, 0.3) is 0 Å². The minimum Gasteiger partial charge on any atom is -0.465 e. The molecule has 9 heteroatoms. The fraction of sp³-hybridized carbons (Fsp3) is 0.250. The van der Waals surface area contributed by atoms with Crippen LogP contribution >= 0.6 is 0 Å². The molecule has 8 nitrogen and oxygen atoms in total. The van der Waals surface area contributed by atoms with Crippen molar-refractivity contribution >= 4 is 39.0 Å². The van der Waals surface area contributed by atoms with Crippen molar-refractivity contribution in [3.63, 3.8) is 0 Å². The number of hydrogen-bond donors (Lipinski definition) is 0. The minimum absolute atomic E-state index is 0.102. The van der Waals surface area contributed by atoms with Crippen LogP contribution in [0.2, 0.25) is 0 Å². The molecule has 1 saturated heterocycles. The Morgan fingerprint density at radius 3 is 2.55 bits per heavy atom.